The van der Waals surface area contributed by atoms with E-state index in [1.807, 2.05) is 40.3 Å². The number of hydrogen-bond donors (Lipinski definition) is 0. The second kappa shape index (κ2) is 9.43. The van der Waals surface area contributed by atoms with Gasteiger partial charge in [0.2, 0.25) is 5.92 Å². The van der Waals surface area contributed by atoms with Gasteiger partial charge in [-0.25, -0.2) is 18.7 Å². The molecule has 4 heterocycles. The Hall–Kier alpha value is -2.92. The summed E-state index contributed by atoms with van der Waals surface area (Å²) in [6.45, 7) is 6.15. The Kier molecular flexibility index (Phi) is 6.22. The molecule has 3 fully saturated rings. The van der Waals surface area contributed by atoms with Gasteiger partial charge in [0.15, 0.2) is 5.01 Å². The summed E-state index contributed by atoms with van der Waals surface area (Å²) in [6, 6.07) is 5.88. The number of piperazine rings is 1. The van der Waals surface area contributed by atoms with Gasteiger partial charge in [-0.15, -0.1) is 11.3 Å². The minimum absolute atomic E-state index is 0.00504. The largest absolute Gasteiger partial charge is 0.335 e. The Morgan fingerprint density at radius 1 is 1.00 bits per heavy atom. The van der Waals surface area contributed by atoms with Crippen LogP contribution in [0.15, 0.2) is 29.8 Å². The van der Waals surface area contributed by atoms with Crippen LogP contribution in [-0.2, 0) is 0 Å². The molecule has 2 amide bonds. The predicted molar refractivity (Wildman–Crippen MR) is 136 cm³/mol. The van der Waals surface area contributed by atoms with Gasteiger partial charge < -0.3 is 14.4 Å². The van der Waals surface area contributed by atoms with Crippen LogP contribution in [0.4, 0.5) is 8.78 Å². The minimum Gasteiger partial charge on any atom is -0.335 e. The summed E-state index contributed by atoms with van der Waals surface area (Å²) in [6.07, 6.45) is 2.32. The van der Waals surface area contributed by atoms with Crippen molar-refractivity contribution in [3.63, 3.8) is 0 Å². The second-order valence-corrected chi connectivity index (χ2v) is 11.2. The molecule has 0 atom stereocenters. The first kappa shape index (κ1) is 24.4. The van der Waals surface area contributed by atoms with E-state index < -0.39 is 5.92 Å². The van der Waals surface area contributed by atoms with E-state index in [1.165, 1.54) is 11.3 Å². The SMILES string of the molecule is Cc1nc2cc(C(=O)N3CC(N4CCN(C(=O)c5nccs5)CC4)C3)ccc2n1C1CCC(F)(F)CC1. The Balaban J connectivity index is 1.06. The summed E-state index contributed by atoms with van der Waals surface area (Å²) in [4.78, 5) is 40.5. The van der Waals surface area contributed by atoms with E-state index in [2.05, 4.69) is 19.4 Å². The van der Waals surface area contributed by atoms with Crippen molar-refractivity contribution < 1.29 is 18.4 Å². The number of alkyl halides is 2. The molecule has 2 aromatic heterocycles. The number of aromatic nitrogens is 3. The lowest BCUT2D eigenvalue weighted by Crippen LogP contribution is -2.64. The molecular formula is C26H30F2N6O2S. The number of amides is 2. The molecule has 37 heavy (non-hydrogen) atoms. The number of aryl methyl sites for hydroxylation is 1. The molecule has 1 aliphatic carbocycles. The van der Waals surface area contributed by atoms with Gasteiger partial charge in [0.1, 0.15) is 5.82 Å². The molecule has 3 aromatic rings. The van der Waals surface area contributed by atoms with Crippen LogP contribution in [0.3, 0.4) is 0 Å². The first-order valence-corrected chi connectivity index (χ1v) is 13.8. The van der Waals surface area contributed by atoms with Crippen LogP contribution in [0.2, 0.25) is 0 Å². The van der Waals surface area contributed by atoms with Gasteiger partial charge >= 0.3 is 0 Å². The summed E-state index contributed by atoms with van der Waals surface area (Å²) in [7, 11) is 0. The van der Waals surface area contributed by atoms with Crippen molar-refractivity contribution in [3.05, 3.63) is 46.2 Å². The number of carbonyl (C=O) groups is 2. The maximum Gasteiger partial charge on any atom is 0.282 e. The highest BCUT2D eigenvalue weighted by atomic mass is 32.1. The van der Waals surface area contributed by atoms with Gasteiger partial charge in [0.25, 0.3) is 11.8 Å². The first-order chi connectivity index (χ1) is 17.8. The van der Waals surface area contributed by atoms with Crippen molar-refractivity contribution in [1.82, 2.24) is 29.2 Å². The maximum absolute atomic E-state index is 13.7. The molecule has 2 saturated heterocycles. The molecule has 2 aliphatic heterocycles. The van der Waals surface area contributed by atoms with Gasteiger partial charge in [-0.05, 0) is 38.0 Å². The number of likely N-dealkylation sites (tertiary alicyclic amines) is 1. The van der Waals surface area contributed by atoms with E-state index in [4.69, 9.17) is 0 Å². The fraction of sp³-hybridized carbons (Fsp3) is 0.538. The van der Waals surface area contributed by atoms with Crippen LogP contribution in [0.25, 0.3) is 11.0 Å². The molecule has 0 N–H and O–H groups in total. The van der Waals surface area contributed by atoms with Crippen molar-refractivity contribution in [2.45, 2.75) is 50.6 Å². The van der Waals surface area contributed by atoms with Gasteiger partial charge in [-0.2, -0.15) is 0 Å². The topological polar surface area (TPSA) is 74.6 Å². The number of hydrogen-bond acceptors (Lipinski definition) is 6. The normalized spacial score (nSPS) is 21.4. The smallest absolute Gasteiger partial charge is 0.282 e. The Morgan fingerprint density at radius 2 is 1.73 bits per heavy atom. The molecular weight excluding hydrogens is 498 g/mol. The molecule has 0 bridgehead atoms. The van der Waals surface area contributed by atoms with Gasteiger partial charge in [-0.1, -0.05) is 0 Å². The molecule has 0 spiro atoms. The van der Waals surface area contributed by atoms with Crippen molar-refractivity contribution in [2.75, 3.05) is 39.3 Å². The van der Waals surface area contributed by atoms with Crippen LogP contribution in [-0.4, -0.2) is 92.3 Å². The zero-order valence-electron chi connectivity index (χ0n) is 20.8. The molecule has 196 valence electrons. The monoisotopic (exact) mass is 528 g/mol. The fourth-order valence-electron chi connectivity index (χ4n) is 5.89. The molecule has 0 unspecified atom stereocenters. The highest BCUT2D eigenvalue weighted by molar-refractivity contribution is 7.11. The quantitative estimate of drug-likeness (QED) is 0.515. The number of halogens is 2. The van der Waals surface area contributed by atoms with Crippen LogP contribution >= 0.6 is 11.3 Å². The Bertz CT molecular complexity index is 1300. The van der Waals surface area contributed by atoms with Crippen LogP contribution < -0.4 is 0 Å². The molecule has 1 saturated carbocycles. The summed E-state index contributed by atoms with van der Waals surface area (Å²) in [5.74, 6) is -1.79. The number of nitrogens with zero attached hydrogens (tertiary/aromatic N) is 6. The molecule has 6 rings (SSSR count). The summed E-state index contributed by atoms with van der Waals surface area (Å²) < 4.78 is 29.4. The van der Waals surface area contributed by atoms with E-state index >= 15 is 0 Å². The lowest BCUT2D eigenvalue weighted by molar-refractivity contribution is -0.0438. The first-order valence-electron chi connectivity index (χ1n) is 12.9. The molecule has 1 aromatic carbocycles. The van der Waals surface area contributed by atoms with E-state index in [9.17, 15) is 18.4 Å². The number of thiazole rings is 1. The van der Waals surface area contributed by atoms with E-state index in [0.717, 1.165) is 29.9 Å². The van der Waals surface area contributed by atoms with Crippen molar-refractivity contribution in [1.29, 1.82) is 0 Å². The van der Waals surface area contributed by atoms with Gasteiger partial charge in [-0.3, -0.25) is 14.5 Å². The zero-order chi connectivity index (χ0) is 25.7. The molecule has 3 aliphatic rings. The van der Waals surface area contributed by atoms with Crippen molar-refractivity contribution >= 4 is 34.2 Å². The van der Waals surface area contributed by atoms with Gasteiger partial charge in [0.05, 0.1) is 11.0 Å². The molecule has 8 nitrogen and oxygen atoms in total. The summed E-state index contributed by atoms with van der Waals surface area (Å²) >= 11 is 1.37. The van der Waals surface area contributed by atoms with E-state index in [1.54, 1.807) is 6.20 Å². The van der Waals surface area contributed by atoms with Gasteiger partial charge in [0, 0.05) is 81.3 Å². The second-order valence-electron chi connectivity index (χ2n) is 10.3. The fourth-order valence-corrected chi connectivity index (χ4v) is 6.49. The number of carbonyl (C=O) groups excluding carboxylic acids is 2. The number of imidazole rings is 1. The standard InChI is InChI=1S/C26H30F2N6O2S/c1-17-30-21-14-18(2-3-22(21)34(17)19-4-6-26(27,28)7-5-19)24(35)33-15-20(16-33)31-9-11-32(12-10-31)25(36)23-29-8-13-37-23/h2-3,8,13-14,19-20H,4-7,9-12,15-16H2,1H3. The average molecular weight is 529 g/mol. The lowest BCUT2D eigenvalue weighted by Gasteiger charge is -2.48. The Labute approximate surface area is 217 Å². The van der Waals surface area contributed by atoms with E-state index in [0.29, 0.717) is 55.6 Å². The van der Waals surface area contributed by atoms with Crippen LogP contribution in [0.5, 0.6) is 0 Å². The summed E-state index contributed by atoms with van der Waals surface area (Å²) in [5.41, 5.74) is 2.24. The van der Waals surface area contributed by atoms with Crippen molar-refractivity contribution in [2.24, 2.45) is 0 Å². The third-order valence-corrected chi connectivity index (χ3v) is 8.81. The highest BCUT2D eigenvalue weighted by Gasteiger charge is 2.38. The zero-order valence-corrected chi connectivity index (χ0v) is 21.6. The molecule has 11 heteroatoms. The minimum atomic E-state index is -2.57. The lowest BCUT2D eigenvalue weighted by atomic mass is 9.92. The van der Waals surface area contributed by atoms with Crippen LogP contribution in [0, 0.1) is 6.92 Å². The Morgan fingerprint density at radius 3 is 2.41 bits per heavy atom. The number of benzene rings is 1. The van der Waals surface area contributed by atoms with Crippen molar-refractivity contribution in [3.8, 4) is 0 Å². The number of rotatable bonds is 4. The average Bonchev–Trinajstić information content (AvgIpc) is 3.50. The number of fused-ring (bicyclic) bond motifs is 1. The third-order valence-electron chi connectivity index (χ3n) is 8.05. The third kappa shape index (κ3) is 4.63. The van der Waals surface area contributed by atoms with E-state index in [-0.39, 0.29) is 30.7 Å². The molecule has 0 radical (unpaired) electrons. The highest BCUT2D eigenvalue weighted by Crippen LogP contribution is 2.40. The predicted octanol–water partition coefficient (Wildman–Crippen LogP) is 3.83. The summed E-state index contributed by atoms with van der Waals surface area (Å²) in [5, 5.41) is 2.35. The maximum atomic E-state index is 13.7. The van der Waals surface area contributed by atoms with Crippen LogP contribution in [0.1, 0.15) is 57.7 Å².